The Hall–Kier alpha value is -13.3. The molecule has 0 radical (unpaired) electrons. The summed E-state index contributed by atoms with van der Waals surface area (Å²) in [4.78, 5) is 10.5. The molecule has 0 fully saturated rings. The van der Waals surface area contributed by atoms with Crippen molar-refractivity contribution in [2.75, 3.05) is 19.6 Å². The molecule has 108 heavy (non-hydrogen) atoms. The SMILES string of the molecule is Cc1cc2ccccc2cc1N(c1cc2ccccc2cc1C)c1cc(N(c2cc3ccccc3cc2C)c2cc3ccccc3cc2C)c2ccc3c(N(c4cc5ccccc5cc4C)c4cc5ccccc5cc4C)cc(N(c4cc5ccccc5cc4C)c4cc5ccccc5cc4C)c4ccc1c2c43. The Morgan fingerprint density at radius 1 is 0.130 bits per heavy atom. The van der Waals surface area contributed by atoms with Crippen LogP contribution in [-0.4, -0.2) is 0 Å². The lowest BCUT2D eigenvalue weighted by Gasteiger charge is -2.36. The molecular formula is C104H78N4. The normalized spacial score (nSPS) is 11.9. The van der Waals surface area contributed by atoms with Crippen LogP contribution in [0.3, 0.4) is 0 Å². The highest BCUT2D eigenvalue weighted by Gasteiger charge is 2.33. The van der Waals surface area contributed by atoms with Crippen molar-refractivity contribution in [3.8, 4) is 0 Å². The molecule has 4 nitrogen and oxygen atoms in total. The summed E-state index contributed by atoms with van der Waals surface area (Å²) in [5.74, 6) is 0. The van der Waals surface area contributed by atoms with E-state index < -0.39 is 0 Å². The minimum atomic E-state index is 1.07. The van der Waals surface area contributed by atoms with Gasteiger partial charge in [-0.25, -0.2) is 0 Å². The summed E-state index contributed by atoms with van der Waals surface area (Å²) in [6.45, 7) is 18.4. The van der Waals surface area contributed by atoms with Gasteiger partial charge in [-0.3, -0.25) is 0 Å². The predicted octanol–water partition coefficient (Wildman–Crippen LogP) is 30.2. The van der Waals surface area contributed by atoms with Crippen LogP contribution in [0.2, 0.25) is 0 Å². The van der Waals surface area contributed by atoms with Gasteiger partial charge >= 0.3 is 0 Å². The minimum Gasteiger partial charge on any atom is -0.309 e. The van der Waals surface area contributed by atoms with Crippen LogP contribution in [0.15, 0.2) is 328 Å². The molecule has 4 heteroatoms. The van der Waals surface area contributed by atoms with Crippen LogP contribution in [0.1, 0.15) is 44.5 Å². The quantitative estimate of drug-likeness (QED) is 0.113. The molecule has 0 spiro atoms. The third kappa shape index (κ3) is 10.5. The van der Waals surface area contributed by atoms with Crippen LogP contribution >= 0.6 is 0 Å². The van der Waals surface area contributed by atoms with E-state index in [-0.39, 0.29) is 0 Å². The standard InChI is InChI=1S/C104H78N4/c1-63-45-71-25-9-17-33-79(71)53-91(63)105(92-54-80-34-18-10-26-72(80)46-64(92)2)99-61-100(106(93-55-81-35-19-11-27-73(81)47-65(93)3)94-56-82-36-20-12-28-74(82)48-66(94)4)88-43-44-90-102(108(97-59-85-39-23-15-31-77(85)51-69(97)7)98-60-86-40-24-16-32-78(86)52-70(98)8)62-101(89-42-41-87(99)103(88)104(89)90)107(95-57-83-37-21-13-29-75(83)49-67(95)5)96-58-84-38-22-14-30-76(84)50-68(96)6/h9-62H,1-8H3. The third-order valence-electron chi connectivity index (χ3n) is 23.2. The van der Waals surface area contributed by atoms with E-state index in [0.717, 1.165) is 89.8 Å². The minimum absolute atomic E-state index is 1.07. The average molecular weight is 1380 g/mol. The molecule has 0 aliphatic carbocycles. The van der Waals surface area contributed by atoms with Gasteiger partial charge in [-0.05, 0) is 295 Å². The molecular weight excluding hydrogens is 1310 g/mol. The van der Waals surface area contributed by atoms with E-state index in [1.165, 1.54) is 141 Å². The average Bonchev–Trinajstić information content (AvgIpc) is 0.623. The summed E-state index contributed by atoms with van der Waals surface area (Å²) in [6, 6.07) is 125. The zero-order valence-electron chi connectivity index (χ0n) is 62.0. The number of aryl methyl sites for hydroxylation is 8. The molecule has 0 atom stereocenters. The summed E-state index contributed by atoms with van der Waals surface area (Å²) in [7, 11) is 0. The number of fused-ring (bicyclic) bond motifs is 8. The molecule has 0 N–H and O–H groups in total. The maximum Gasteiger partial charge on any atom is 0.0561 e. The molecule has 20 rings (SSSR count). The first kappa shape index (κ1) is 64.3. The number of nitrogens with zero attached hydrogens (tertiary/aromatic N) is 4. The van der Waals surface area contributed by atoms with Crippen LogP contribution in [0, 0.1) is 55.4 Å². The van der Waals surface area contributed by atoms with E-state index in [0.29, 0.717) is 0 Å². The molecule has 0 unspecified atom stereocenters. The van der Waals surface area contributed by atoms with Crippen LogP contribution in [-0.2, 0) is 0 Å². The lowest BCUT2D eigenvalue weighted by molar-refractivity contribution is 1.22. The number of benzene rings is 20. The first-order chi connectivity index (χ1) is 52.8. The first-order valence-corrected chi connectivity index (χ1v) is 37.8. The first-order valence-electron chi connectivity index (χ1n) is 37.8. The monoisotopic (exact) mass is 1380 g/mol. The van der Waals surface area contributed by atoms with Gasteiger partial charge in [0.2, 0.25) is 0 Å². The molecule has 0 aliphatic rings. The summed E-state index contributed by atoms with van der Waals surface area (Å²) in [6.07, 6.45) is 0. The Morgan fingerprint density at radius 3 is 0.380 bits per heavy atom. The molecule has 0 aromatic heterocycles. The fourth-order valence-corrected chi connectivity index (χ4v) is 17.9. The van der Waals surface area contributed by atoms with Gasteiger partial charge in [-0.2, -0.15) is 0 Å². The van der Waals surface area contributed by atoms with Crippen molar-refractivity contribution >= 4 is 187 Å². The Bertz CT molecular complexity index is 5960. The highest BCUT2D eigenvalue weighted by Crippen LogP contribution is 2.58. The number of hydrogen-bond acceptors (Lipinski definition) is 4. The van der Waals surface area contributed by atoms with Crippen LogP contribution in [0.25, 0.3) is 118 Å². The van der Waals surface area contributed by atoms with Crippen LogP contribution in [0.5, 0.6) is 0 Å². The molecule has 20 aromatic carbocycles. The molecule has 0 bridgehead atoms. The third-order valence-corrected chi connectivity index (χ3v) is 23.2. The molecule has 0 saturated carbocycles. The fourth-order valence-electron chi connectivity index (χ4n) is 17.9. The zero-order chi connectivity index (χ0) is 72.7. The van der Waals surface area contributed by atoms with Crippen molar-refractivity contribution in [1.29, 1.82) is 0 Å². The van der Waals surface area contributed by atoms with Gasteiger partial charge in [0.25, 0.3) is 0 Å². The van der Waals surface area contributed by atoms with Gasteiger partial charge < -0.3 is 19.6 Å². The summed E-state index contributed by atoms with van der Waals surface area (Å²) in [5, 5.41) is 25.9. The van der Waals surface area contributed by atoms with Crippen molar-refractivity contribution in [3.63, 3.8) is 0 Å². The van der Waals surface area contributed by atoms with Gasteiger partial charge in [-0.1, -0.05) is 218 Å². The maximum absolute atomic E-state index is 2.63. The molecule has 0 amide bonds. The zero-order valence-corrected chi connectivity index (χ0v) is 62.0. The molecule has 20 aromatic rings. The fraction of sp³-hybridized carbons (Fsp3) is 0.0769. The van der Waals surface area contributed by atoms with Crippen molar-refractivity contribution in [2.45, 2.75) is 55.4 Å². The van der Waals surface area contributed by atoms with Gasteiger partial charge in [0.15, 0.2) is 0 Å². The second kappa shape index (κ2) is 25.2. The number of anilines is 12. The highest BCUT2D eigenvalue weighted by molar-refractivity contribution is 6.33. The molecule has 0 aliphatic heterocycles. The van der Waals surface area contributed by atoms with Gasteiger partial charge in [0.05, 0.1) is 22.7 Å². The Balaban J connectivity index is 1.02. The summed E-state index contributed by atoms with van der Waals surface area (Å²) in [5.41, 5.74) is 22.5. The molecule has 0 saturated heterocycles. The lowest BCUT2D eigenvalue weighted by atomic mass is 9.88. The van der Waals surface area contributed by atoms with E-state index in [9.17, 15) is 0 Å². The van der Waals surface area contributed by atoms with Crippen molar-refractivity contribution in [3.05, 3.63) is 372 Å². The second-order valence-corrected chi connectivity index (χ2v) is 30.1. The lowest BCUT2D eigenvalue weighted by Crippen LogP contribution is -2.18. The maximum atomic E-state index is 2.63. The number of rotatable bonds is 12. The van der Waals surface area contributed by atoms with Gasteiger partial charge in [0, 0.05) is 77.8 Å². The van der Waals surface area contributed by atoms with E-state index in [1.807, 2.05) is 0 Å². The van der Waals surface area contributed by atoms with Crippen LogP contribution < -0.4 is 19.6 Å². The second-order valence-electron chi connectivity index (χ2n) is 30.1. The van der Waals surface area contributed by atoms with E-state index in [4.69, 9.17) is 0 Å². The van der Waals surface area contributed by atoms with Crippen molar-refractivity contribution in [1.82, 2.24) is 0 Å². The largest absolute Gasteiger partial charge is 0.309 e. The van der Waals surface area contributed by atoms with E-state index in [2.05, 4.69) is 403 Å². The Morgan fingerprint density at radius 2 is 0.250 bits per heavy atom. The highest BCUT2D eigenvalue weighted by atomic mass is 15.2. The van der Waals surface area contributed by atoms with E-state index >= 15 is 0 Å². The predicted molar refractivity (Wildman–Crippen MR) is 467 cm³/mol. The molecule has 514 valence electrons. The van der Waals surface area contributed by atoms with Crippen LogP contribution in [0.4, 0.5) is 68.2 Å². The smallest absolute Gasteiger partial charge is 0.0561 e. The van der Waals surface area contributed by atoms with E-state index in [1.54, 1.807) is 0 Å². The van der Waals surface area contributed by atoms with Gasteiger partial charge in [0.1, 0.15) is 0 Å². The van der Waals surface area contributed by atoms with Crippen molar-refractivity contribution < 1.29 is 0 Å². The Kier molecular flexibility index (Phi) is 15.0. The number of hydrogen-bond donors (Lipinski definition) is 0. The topological polar surface area (TPSA) is 13.0 Å². The van der Waals surface area contributed by atoms with Gasteiger partial charge in [-0.15, -0.1) is 0 Å². The summed E-state index contributed by atoms with van der Waals surface area (Å²) >= 11 is 0. The molecule has 0 heterocycles. The Labute approximate surface area is 629 Å². The summed E-state index contributed by atoms with van der Waals surface area (Å²) < 4.78 is 0. The van der Waals surface area contributed by atoms with Crippen molar-refractivity contribution in [2.24, 2.45) is 0 Å².